The Morgan fingerprint density at radius 2 is 1.85 bits per heavy atom. The minimum absolute atomic E-state index is 0.0589. The molecule has 2 rings (SSSR count). The van der Waals surface area contributed by atoms with E-state index in [2.05, 4.69) is 0 Å². The van der Waals surface area contributed by atoms with E-state index in [-0.39, 0.29) is 5.92 Å². The van der Waals surface area contributed by atoms with Crippen molar-refractivity contribution in [1.29, 1.82) is 0 Å². The molecule has 0 heterocycles. The number of rotatable bonds is 2. The average Bonchev–Trinajstić information content (AvgIpc) is 2.79. The minimum Gasteiger partial charge on any atom is -0.481 e. The molecule has 0 saturated heterocycles. The van der Waals surface area contributed by atoms with Crippen molar-refractivity contribution in [3.8, 4) is 0 Å². The molecule has 0 aromatic carbocycles. The van der Waals surface area contributed by atoms with Crippen LogP contribution in [0.4, 0.5) is 0 Å². The van der Waals surface area contributed by atoms with Crippen LogP contribution in [-0.4, -0.2) is 22.2 Å². The molecule has 0 spiro atoms. The van der Waals surface area contributed by atoms with Crippen molar-refractivity contribution in [2.75, 3.05) is 0 Å². The Morgan fingerprint density at radius 1 is 1.15 bits per heavy atom. The molecule has 1 fully saturated rings. The van der Waals surface area contributed by atoms with Crippen LogP contribution in [0.15, 0.2) is 12.2 Å². The second kappa shape index (κ2) is 2.58. The molecule has 0 aromatic heterocycles. The second-order valence-corrected chi connectivity index (χ2v) is 3.68. The monoisotopic (exact) mass is 182 g/mol. The van der Waals surface area contributed by atoms with Gasteiger partial charge in [-0.3, -0.25) is 9.59 Å². The lowest BCUT2D eigenvalue weighted by atomic mass is 9.83. The van der Waals surface area contributed by atoms with Crippen molar-refractivity contribution < 1.29 is 19.8 Å². The van der Waals surface area contributed by atoms with Crippen molar-refractivity contribution in [1.82, 2.24) is 0 Å². The van der Waals surface area contributed by atoms with Crippen LogP contribution in [0.25, 0.3) is 0 Å². The Kier molecular flexibility index (Phi) is 1.65. The summed E-state index contributed by atoms with van der Waals surface area (Å²) < 4.78 is 0. The van der Waals surface area contributed by atoms with Gasteiger partial charge in [0.25, 0.3) is 0 Å². The lowest BCUT2D eigenvalue weighted by molar-refractivity contribution is -0.153. The Bertz CT molecular complexity index is 294. The molecular formula is C9H10O4. The number of hydrogen-bond donors (Lipinski definition) is 2. The van der Waals surface area contributed by atoms with E-state index in [1.165, 1.54) is 6.08 Å². The number of aliphatic carboxylic acids is 2. The van der Waals surface area contributed by atoms with Gasteiger partial charge in [0, 0.05) is 0 Å². The summed E-state index contributed by atoms with van der Waals surface area (Å²) >= 11 is 0. The van der Waals surface area contributed by atoms with Gasteiger partial charge < -0.3 is 10.2 Å². The molecule has 0 bridgehead atoms. The van der Waals surface area contributed by atoms with Crippen LogP contribution >= 0.6 is 0 Å². The maximum Gasteiger partial charge on any atom is 0.311 e. The molecule has 4 atom stereocenters. The number of carboxylic acid groups (broad SMARTS) is 2. The third-order valence-corrected chi connectivity index (χ3v) is 2.88. The van der Waals surface area contributed by atoms with Crippen LogP contribution in [0, 0.1) is 23.7 Å². The van der Waals surface area contributed by atoms with Crippen LogP contribution in [0.3, 0.4) is 0 Å². The highest BCUT2D eigenvalue weighted by molar-refractivity contribution is 5.82. The maximum absolute atomic E-state index is 10.8. The largest absolute Gasteiger partial charge is 0.481 e. The van der Waals surface area contributed by atoms with Gasteiger partial charge in [0.05, 0.1) is 11.8 Å². The molecule has 2 aliphatic carbocycles. The van der Waals surface area contributed by atoms with Gasteiger partial charge in [0.2, 0.25) is 0 Å². The van der Waals surface area contributed by atoms with Crippen molar-refractivity contribution in [2.45, 2.75) is 6.42 Å². The summed E-state index contributed by atoms with van der Waals surface area (Å²) in [6.07, 6.45) is 4.19. The highest BCUT2D eigenvalue weighted by atomic mass is 16.4. The maximum atomic E-state index is 10.8. The van der Waals surface area contributed by atoms with E-state index < -0.39 is 23.8 Å². The Hall–Kier alpha value is -1.32. The number of fused-ring (bicyclic) bond motifs is 1. The summed E-state index contributed by atoms with van der Waals surface area (Å²) in [4.78, 5) is 21.5. The summed E-state index contributed by atoms with van der Waals surface area (Å²) in [5, 5.41) is 17.6. The van der Waals surface area contributed by atoms with Crippen molar-refractivity contribution >= 4 is 11.9 Å². The fourth-order valence-corrected chi connectivity index (χ4v) is 2.09. The highest BCUT2D eigenvalue weighted by Gasteiger charge is 2.52. The Morgan fingerprint density at radius 3 is 2.38 bits per heavy atom. The number of carbonyl (C=O) groups is 2. The molecule has 0 aromatic rings. The van der Waals surface area contributed by atoms with Crippen LogP contribution in [0.5, 0.6) is 0 Å². The first-order valence-corrected chi connectivity index (χ1v) is 4.25. The normalized spacial score (nSPS) is 40.9. The van der Waals surface area contributed by atoms with Crippen molar-refractivity contribution in [3.05, 3.63) is 12.2 Å². The predicted molar refractivity (Wildman–Crippen MR) is 43.0 cm³/mol. The first-order chi connectivity index (χ1) is 6.11. The molecule has 4 nitrogen and oxygen atoms in total. The van der Waals surface area contributed by atoms with Crippen molar-refractivity contribution in [3.63, 3.8) is 0 Å². The average molecular weight is 182 g/mol. The van der Waals surface area contributed by atoms with Gasteiger partial charge in [-0.15, -0.1) is 0 Å². The van der Waals surface area contributed by atoms with E-state index in [0.717, 1.165) is 6.42 Å². The van der Waals surface area contributed by atoms with Crippen LogP contribution in [0.1, 0.15) is 6.42 Å². The van der Waals surface area contributed by atoms with E-state index in [1.54, 1.807) is 0 Å². The third-order valence-electron chi connectivity index (χ3n) is 2.88. The Labute approximate surface area is 74.9 Å². The number of carboxylic acids is 2. The zero-order valence-electron chi connectivity index (χ0n) is 6.88. The number of hydrogen-bond acceptors (Lipinski definition) is 2. The lowest BCUT2D eigenvalue weighted by Gasteiger charge is -2.19. The van der Waals surface area contributed by atoms with Crippen molar-refractivity contribution in [2.24, 2.45) is 23.7 Å². The van der Waals surface area contributed by atoms with Crippen LogP contribution in [0.2, 0.25) is 0 Å². The number of allylic oxidation sites excluding steroid dienone is 1. The summed E-state index contributed by atoms with van der Waals surface area (Å²) in [5.74, 6) is -3.19. The van der Waals surface area contributed by atoms with E-state index in [9.17, 15) is 9.59 Å². The molecule has 4 heteroatoms. The predicted octanol–water partition coefficient (Wildman–Crippen LogP) is 0.594. The quantitative estimate of drug-likeness (QED) is 0.613. The molecular weight excluding hydrogens is 172 g/mol. The van der Waals surface area contributed by atoms with E-state index >= 15 is 0 Å². The molecule has 0 amide bonds. The molecule has 13 heavy (non-hydrogen) atoms. The van der Waals surface area contributed by atoms with E-state index in [0.29, 0.717) is 5.92 Å². The van der Waals surface area contributed by atoms with E-state index in [1.807, 2.05) is 6.08 Å². The zero-order chi connectivity index (χ0) is 9.59. The van der Waals surface area contributed by atoms with Gasteiger partial charge in [-0.05, 0) is 18.3 Å². The molecule has 2 N–H and O–H groups in total. The summed E-state index contributed by atoms with van der Waals surface area (Å²) in [7, 11) is 0. The lowest BCUT2D eigenvalue weighted by Crippen LogP contribution is -2.32. The van der Waals surface area contributed by atoms with Gasteiger partial charge in [-0.2, -0.15) is 0 Å². The standard InChI is InChI=1S/C9H10O4/c10-8(11)5-2-1-4-3-6(4)7(5)9(12)13/h1-2,4-7H,3H2,(H,10,11)(H,12,13). The first kappa shape index (κ1) is 8.29. The van der Waals surface area contributed by atoms with Gasteiger partial charge in [-0.25, -0.2) is 0 Å². The molecule has 0 aliphatic heterocycles. The fraction of sp³-hybridized carbons (Fsp3) is 0.556. The summed E-state index contributed by atoms with van der Waals surface area (Å²) in [5.41, 5.74) is 0. The smallest absolute Gasteiger partial charge is 0.311 e. The van der Waals surface area contributed by atoms with Crippen LogP contribution in [-0.2, 0) is 9.59 Å². The van der Waals surface area contributed by atoms with Gasteiger partial charge in [0.15, 0.2) is 0 Å². The topological polar surface area (TPSA) is 74.6 Å². The summed E-state index contributed by atoms with van der Waals surface area (Å²) in [6, 6.07) is 0. The SMILES string of the molecule is O=C(O)C1C=CC2CC2C1C(=O)O. The summed E-state index contributed by atoms with van der Waals surface area (Å²) in [6.45, 7) is 0. The van der Waals surface area contributed by atoms with Gasteiger partial charge in [-0.1, -0.05) is 12.2 Å². The van der Waals surface area contributed by atoms with Crippen LogP contribution < -0.4 is 0 Å². The molecule has 0 radical (unpaired) electrons. The molecule has 4 unspecified atom stereocenters. The highest BCUT2D eigenvalue weighted by Crippen LogP contribution is 2.51. The Balaban J connectivity index is 2.25. The van der Waals surface area contributed by atoms with Gasteiger partial charge >= 0.3 is 11.9 Å². The van der Waals surface area contributed by atoms with Gasteiger partial charge in [0.1, 0.15) is 0 Å². The molecule has 70 valence electrons. The molecule has 2 aliphatic rings. The first-order valence-electron chi connectivity index (χ1n) is 4.25. The minimum atomic E-state index is -1.03. The second-order valence-electron chi connectivity index (χ2n) is 3.68. The van der Waals surface area contributed by atoms with E-state index in [4.69, 9.17) is 10.2 Å². The fourth-order valence-electron chi connectivity index (χ4n) is 2.09. The molecule has 1 saturated carbocycles. The third kappa shape index (κ3) is 1.22. The zero-order valence-corrected chi connectivity index (χ0v) is 6.88.